The highest BCUT2D eigenvalue weighted by atomic mass is 32.1. The third kappa shape index (κ3) is 3.73. The number of carbonyl (C=O) groups is 1. The van der Waals surface area contributed by atoms with Crippen molar-refractivity contribution in [2.24, 2.45) is 11.1 Å². The largest absolute Gasteiger partial charge is 0.392 e. The Hall–Kier alpha value is -1.49. The summed E-state index contributed by atoms with van der Waals surface area (Å²) in [6.07, 6.45) is 6.35. The van der Waals surface area contributed by atoms with Gasteiger partial charge in [-0.3, -0.25) is 9.78 Å². The van der Waals surface area contributed by atoms with E-state index in [0.717, 1.165) is 12.8 Å². The maximum Gasteiger partial charge on any atom is 0.237 e. The van der Waals surface area contributed by atoms with Crippen LogP contribution in [0.1, 0.15) is 39.5 Å². The number of pyridine rings is 1. The van der Waals surface area contributed by atoms with Crippen LogP contribution in [0.15, 0.2) is 24.5 Å². The molecule has 5 heteroatoms. The van der Waals surface area contributed by atoms with Gasteiger partial charge in [0.1, 0.15) is 0 Å². The van der Waals surface area contributed by atoms with Crippen molar-refractivity contribution in [3.8, 4) is 0 Å². The number of nitrogens with one attached hydrogen (secondary N) is 1. The molecule has 0 radical (unpaired) electrons. The summed E-state index contributed by atoms with van der Waals surface area (Å²) in [4.78, 5) is 16.8. The average Bonchev–Trinajstić information content (AvgIpc) is 2.39. The van der Waals surface area contributed by atoms with E-state index in [1.807, 2.05) is 13.8 Å². The molecule has 1 aromatic heterocycles. The van der Waals surface area contributed by atoms with Gasteiger partial charge < -0.3 is 11.1 Å². The topological polar surface area (TPSA) is 68.0 Å². The van der Waals surface area contributed by atoms with E-state index in [0.29, 0.717) is 18.5 Å². The standard InChI is InChI=1S/C14H21N3OS/c1-3-7-14(8-4-2,12(15)19)13(18)17-11-5-9-16-10-6-11/h5-6,9-10H,3-4,7-8H2,1-2H3,(H2,15,19)(H,16,17,18). The Morgan fingerprint density at radius 3 is 2.26 bits per heavy atom. The van der Waals surface area contributed by atoms with Gasteiger partial charge in [0.25, 0.3) is 0 Å². The number of carbonyl (C=O) groups excluding carboxylic acids is 1. The molecule has 0 aromatic carbocycles. The molecule has 0 bridgehead atoms. The summed E-state index contributed by atoms with van der Waals surface area (Å²) in [5.74, 6) is -0.116. The Balaban J connectivity index is 2.96. The van der Waals surface area contributed by atoms with E-state index in [4.69, 9.17) is 18.0 Å². The summed E-state index contributed by atoms with van der Waals surface area (Å²) in [7, 11) is 0. The van der Waals surface area contributed by atoms with Crippen molar-refractivity contribution >= 4 is 28.8 Å². The molecule has 0 unspecified atom stereocenters. The zero-order valence-corrected chi connectivity index (χ0v) is 12.3. The highest BCUT2D eigenvalue weighted by Crippen LogP contribution is 2.32. The quantitative estimate of drug-likeness (QED) is 0.753. The fraction of sp³-hybridized carbons (Fsp3) is 0.500. The second kappa shape index (κ2) is 7.19. The van der Waals surface area contributed by atoms with E-state index in [2.05, 4.69) is 10.3 Å². The van der Waals surface area contributed by atoms with Crippen LogP contribution >= 0.6 is 12.2 Å². The fourth-order valence-electron chi connectivity index (χ4n) is 2.25. The molecule has 0 fully saturated rings. The number of rotatable bonds is 7. The van der Waals surface area contributed by atoms with Crippen LogP contribution < -0.4 is 11.1 Å². The van der Waals surface area contributed by atoms with Crippen LogP contribution in [0.4, 0.5) is 5.69 Å². The van der Waals surface area contributed by atoms with E-state index < -0.39 is 5.41 Å². The van der Waals surface area contributed by atoms with Crippen molar-refractivity contribution in [1.82, 2.24) is 4.98 Å². The molecule has 0 aliphatic heterocycles. The maximum absolute atomic E-state index is 12.6. The van der Waals surface area contributed by atoms with Gasteiger partial charge in [-0.25, -0.2) is 0 Å². The first-order valence-electron chi connectivity index (χ1n) is 6.58. The monoisotopic (exact) mass is 279 g/mol. The van der Waals surface area contributed by atoms with Crippen molar-refractivity contribution in [3.63, 3.8) is 0 Å². The average molecular weight is 279 g/mol. The van der Waals surface area contributed by atoms with Crippen molar-refractivity contribution in [1.29, 1.82) is 0 Å². The van der Waals surface area contributed by atoms with Crippen LogP contribution in [0.2, 0.25) is 0 Å². The number of hydrogen-bond donors (Lipinski definition) is 2. The van der Waals surface area contributed by atoms with Gasteiger partial charge in [-0.2, -0.15) is 0 Å². The van der Waals surface area contributed by atoms with Crippen LogP contribution in [0.3, 0.4) is 0 Å². The summed E-state index contributed by atoms with van der Waals surface area (Å²) < 4.78 is 0. The number of nitrogens with zero attached hydrogens (tertiary/aromatic N) is 1. The van der Waals surface area contributed by atoms with Crippen molar-refractivity contribution < 1.29 is 4.79 Å². The number of hydrogen-bond acceptors (Lipinski definition) is 3. The predicted octanol–water partition coefficient (Wildman–Crippen LogP) is 2.89. The Labute approximate surface area is 119 Å². The Morgan fingerprint density at radius 1 is 1.32 bits per heavy atom. The van der Waals surface area contributed by atoms with Gasteiger partial charge >= 0.3 is 0 Å². The van der Waals surface area contributed by atoms with E-state index in [9.17, 15) is 4.79 Å². The second-order valence-electron chi connectivity index (χ2n) is 4.64. The molecule has 1 amide bonds. The summed E-state index contributed by atoms with van der Waals surface area (Å²) in [5, 5.41) is 2.89. The van der Waals surface area contributed by atoms with Gasteiger partial charge in [0.15, 0.2) is 0 Å². The third-order valence-corrected chi connectivity index (χ3v) is 3.59. The lowest BCUT2D eigenvalue weighted by Gasteiger charge is -2.31. The normalized spacial score (nSPS) is 11.1. The van der Waals surface area contributed by atoms with E-state index in [1.54, 1.807) is 24.5 Å². The summed E-state index contributed by atoms with van der Waals surface area (Å²) in [5.41, 5.74) is 5.82. The van der Waals surface area contributed by atoms with Crippen LogP contribution in [0.25, 0.3) is 0 Å². The Morgan fingerprint density at radius 2 is 1.84 bits per heavy atom. The SMILES string of the molecule is CCCC(CCC)(C(=O)Nc1ccncc1)C(N)=S. The first-order chi connectivity index (χ1) is 9.06. The number of thiocarbonyl (C=S) groups is 1. The zero-order chi connectivity index (χ0) is 14.3. The molecule has 1 aromatic rings. The zero-order valence-electron chi connectivity index (χ0n) is 11.5. The molecule has 104 valence electrons. The highest BCUT2D eigenvalue weighted by molar-refractivity contribution is 7.80. The minimum atomic E-state index is -0.748. The van der Waals surface area contributed by atoms with Crippen LogP contribution in [0, 0.1) is 5.41 Å². The van der Waals surface area contributed by atoms with Crippen molar-refractivity contribution in [2.75, 3.05) is 5.32 Å². The maximum atomic E-state index is 12.6. The van der Waals surface area contributed by atoms with Crippen LogP contribution in [-0.2, 0) is 4.79 Å². The molecule has 0 saturated carbocycles. The van der Waals surface area contributed by atoms with Crippen molar-refractivity contribution in [2.45, 2.75) is 39.5 Å². The van der Waals surface area contributed by atoms with Gasteiger partial charge in [-0.05, 0) is 25.0 Å². The Bertz CT molecular complexity index is 428. The molecule has 3 N–H and O–H groups in total. The van der Waals surface area contributed by atoms with Crippen molar-refractivity contribution in [3.05, 3.63) is 24.5 Å². The van der Waals surface area contributed by atoms with Gasteiger partial charge in [0.2, 0.25) is 5.91 Å². The summed E-state index contributed by atoms with van der Waals surface area (Å²) >= 11 is 5.16. The summed E-state index contributed by atoms with van der Waals surface area (Å²) in [6, 6.07) is 3.50. The molecule has 0 atom stereocenters. The highest BCUT2D eigenvalue weighted by Gasteiger charge is 2.39. The molecular formula is C14H21N3OS. The summed E-state index contributed by atoms with van der Waals surface area (Å²) in [6.45, 7) is 4.06. The molecular weight excluding hydrogens is 258 g/mol. The molecule has 19 heavy (non-hydrogen) atoms. The molecule has 0 saturated heterocycles. The number of aromatic nitrogens is 1. The first-order valence-corrected chi connectivity index (χ1v) is 6.99. The number of nitrogens with two attached hydrogens (primary N) is 1. The van der Waals surface area contributed by atoms with E-state index >= 15 is 0 Å². The molecule has 1 heterocycles. The van der Waals surface area contributed by atoms with Crippen LogP contribution in [0.5, 0.6) is 0 Å². The lowest BCUT2D eigenvalue weighted by molar-refractivity contribution is -0.122. The Kier molecular flexibility index (Phi) is 5.89. The first kappa shape index (κ1) is 15.6. The van der Waals surface area contributed by atoms with E-state index in [-0.39, 0.29) is 10.9 Å². The minimum Gasteiger partial charge on any atom is -0.392 e. The number of anilines is 1. The molecule has 0 aliphatic carbocycles. The lowest BCUT2D eigenvalue weighted by atomic mass is 9.78. The predicted molar refractivity (Wildman–Crippen MR) is 81.9 cm³/mol. The molecule has 1 rings (SSSR count). The second-order valence-corrected chi connectivity index (χ2v) is 5.08. The minimum absolute atomic E-state index is 0.116. The smallest absolute Gasteiger partial charge is 0.237 e. The molecule has 0 aliphatic rings. The van der Waals surface area contributed by atoms with Crippen LogP contribution in [-0.4, -0.2) is 15.9 Å². The van der Waals surface area contributed by atoms with Gasteiger partial charge in [0.05, 0.1) is 10.4 Å². The molecule has 4 nitrogen and oxygen atoms in total. The van der Waals surface area contributed by atoms with Gasteiger partial charge in [-0.15, -0.1) is 0 Å². The van der Waals surface area contributed by atoms with Gasteiger partial charge in [-0.1, -0.05) is 38.9 Å². The van der Waals surface area contributed by atoms with Gasteiger partial charge in [0, 0.05) is 18.1 Å². The number of amides is 1. The third-order valence-electron chi connectivity index (χ3n) is 3.20. The van der Waals surface area contributed by atoms with E-state index in [1.165, 1.54) is 0 Å². The molecule has 0 spiro atoms. The lowest BCUT2D eigenvalue weighted by Crippen LogP contribution is -2.46. The fourth-order valence-corrected chi connectivity index (χ4v) is 2.55.